The van der Waals surface area contributed by atoms with Gasteiger partial charge in [0, 0.05) is 45.5 Å². The van der Waals surface area contributed by atoms with Crippen molar-refractivity contribution in [3.8, 4) is 0 Å². The van der Waals surface area contributed by atoms with Crippen LogP contribution in [0.15, 0.2) is 12.3 Å². The highest BCUT2D eigenvalue weighted by Crippen LogP contribution is 2.15. The van der Waals surface area contributed by atoms with E-state index in [9.17, 15) is 0 Å². The second-order valence-electron chi connectivity index (χ2n) is 5.45. The molecule has 2 heterocycles. The zero-order valence-corrected chi connectivity index (χ0v) is 12.3. The van der Waals surface area contributed by atoms with E-state index in [4.69, 9.17) is 0 Å². The third kappa shape index (κ3) is 4.06. The molecule has 1 aromatic heterocycles. The average molecular weight is 263 g/mol. The van der Waals surface area contributed by atoms with Crippen LogP contribution in [0, 0.1) is 5.92 Å². The van der Waals surface area contributed by atoms with Crippen molar-refractivity contribution in [2.75, 3.05) is 49.5 Å². The predicted octanol–water partition coefficient (Wildman–Crippen LogP) is 1.69. The summed E-state index contributed by atoms with van der Waals surface area (Å²) in [4.78, 5) is 13.7. The molecule has 0 unspecified atom stereocenters. The van der Waals surface area contributed by atoms with Crippen molar-refractivity contribution in [3.63, 3.8) is 0 Å². The minimum absolute atomic E-state index is 0.726. The minimum atomic E-state index is 0.726. The molecular weight excluding hydrogens is 238 g/mol. The Bertz CT molecular complexity index is 385. The summed E-state index contributed by atoms with van der Waals surface area (Å²) in [5.41, 5.74) is 0. The van der Waals surface area contributed by atoms with E-state index in [0.717, 1.165) is 50.4 Å². The molecule has 0 radical (unpaired) electrons. The molecule has 0 atom stereocenters. The van der Waals surface area contributed by atoms with Crippen LogP contribution in [0.5, 0.6) is 0 Å². The number of piperazine rings is 1. The van der Waals surface area contributed by atoms with Crippen molar-refractivity contribution >= 4 is 11.8 Å². The smallest absolute Gasteiger partial charge is 0.224 e. The van der Waals surface area contributed by atoms with Gasteiger partial charge in [0.2, 0.25) is 5.95 Å². The summed E-state index contributed by atoms with van der Waals surface area (Å²) in [6.07, 6.45) is 1.83. The molecule has 0 bridgehead atoms. The van der Waals surface area contributed by atoms with Gasteiger partial charge in [-0.2, -0.15) is 4.98 Å². The zero-order valence-electron chi connectivity index (χ0n) is 12.3. The van der Waals surface area contributed by atoms with Gasteiger partial charge in [0.05, 0.1) is 0 Å². The van der Waals surface area contributed by atoms with Crippen LogP contribution in [0.25, 0.3) is 0 Å². The van der Waals surface area contributed by atoms with Crippen LogP contribution in [0.2, 0.25) is 0 Å². The van der Waals surface area contributed by atoms with E-state index in [1.807, 2.05) is 12.3 Å². The number of aromatic nitrogens is 2. The minimum Gasteiger partial charge on any atom is -0.354 e. The maximum absolute atomic E-state index is 4.56. The predicted molar refractivity (Wildman–Crippen MR) is 79.7 cm³/mol. The largest absolute Gasteiger partial charge is 0.354 e. The quantitative estimate of drug-likeness (QED) is 0.876. The van der Waals surface area contributed by atoms with E-state index < -0.39 is 0 Å². The first-order valence-electron chi connectivity index (χ1n) is 7.23. The number of rotatable bonds is 5. The van der Waals surface area contributed by atoms with Crippen LogP contribution >= 0.6 is 0 Å². The summed E-state index contributed by atoms with van der Waals surface area (Å²) in [6, 6.07) is 2.00. The van der Waals surface area contributed by atoms with Gasteiger partial charge in [-0.05, 0) is 18.9 Å². The van der Waals surface area contributed by atoms with Crippen molar-refractivity contribution in [2.24, 2.45) is 5.92 Å². The first-order valence-corrected chi connectivity index (χ1v) is 7.23. The van der Waals surface area contributed by atoms with Crippen LogP contribution < -0.4 is 10.2 Å². The van der Waals surface area contributed by atoms with Gasteiger partial charge >= 0.3 is 0 Å². The zero-order chi connectivity index (χ0) is 13.7. The SMILES string of the molecule is CCNc1nccc(N2CCN(CC(C)C)CC2)n1. The molecule has 1 fully saturated rings. The number of hydrogen-bond donors (Lipinski definition) is 1. The van der Waals surface area contributed by atoms with Crippen LogP contribution in [0.1, 0.15) is 20.8 Å². The van der Waals surface area contributed by atoms with Gasteiger partial charge in [-0.15, -0.1) is 0 Å². The Labute approximate surface area is 116 Å². The molecule has 5 nitrogen and oxygen atoms in total. The summed E-state index contributed by atoms with van der Waals surface area (Å²) >= 11 is 0. The Hall–Kier alpha value is -1.36. The molecule has 1 N–H and O–H groups in total. The molecule has 0 amide bonds. The van der Waals surface area contributed by atoms with E-state index in [1.54, 1.807) is 0 Å². The first-order chi connectivity index (χ1) is 9.19. The maximum Gasteiger partial charge on any atom is 0.224 e. The normalized spacial score (nSPS) is 16.9. The molecule has 1 aromatic rings. The Morgan fingerprint density at radius 2 is 2.00 bits per heavy atom. The van der Waals surface area contributed by atoms with Crippen molar-refractivity contribution < 1.29 is 0 Å². The Morgan fingerprint density at radius 3 is 2.63 bits per heavy atom. The molecule has 0 aromatic carbocycles. The lowest BCUT2D eigenvalue weighted by Gasteiger charge is -2.36. The summed E-state index contributed by atoms with van der Waals surface area (Å²) in [7, 11) is 0. The lowest BCUT2D eigenvalue weighted by molar-refractivity contribution is 0.231. The van der Waals surface area contributed by atoms with Crippen molar-refractivity contribution in [1.82, 2.24) is 14.9 Å². The molecule has 0 aliphatic carbocycles. The topological polar surface area (TPSA) is 44.3 Å². The highest BCUT2D eigenvalue weighted by molar-refractivity contribution is 5.42. The lowest BCUT2D eigenvalue weighted by atomic mass is 10.2. The maximum atomic E-state index is 4.56. The van der Waals surface area contributed by atoms with E-state index in [2.05, 4.69) is 45.9 Å². The number of anilines is 2. The first kappa shape index (κ1) is 14.1. The third-order valence-electron chi connectivity index (χ3n) is 3.30. The monoisotopic (exact) mass is 263 g/mol. The molecule has 5 heteroatoms. The number of nitrogens with one attached hydrogen (secondary N) is 1. The van der Waals surface area contributed by atoms with Gasteiger partial charge in [0.1, 0.15) is 5.82 Å². The average Bonchev–Trinajstić information content (AvgIpc) is 2.40. The standard InChI is InChI=1S/C14H25N5/c1-4-15-14-16-6-5-13(17-14)19-9-7-18(8-10-19)11-12(2)3/h5-6,12H,4,7-11H2,1-3H3,(H,15,16,17). The van der Waals surface area contributed by atoms with Crippen LogP contribution in [-0.2, 0) is 0 Å². The summed E-state index contributed by atoms with van der Waals surface area (Å²) < 4.78 is 0. The van der Waals surface area contributed by atoms with E-state index in [0.29, 0.717) is 0 Å². The van der Waals surface area contributed by atoms with Crippen LogP contribution in [0.3, 0.4) is 0 Å². The van der Waals surface area contributed by atoms with E-state index in [1.165, 1.54) is 6.54 Å². The molecule has 2 rings (SSSR count). The molecule has 1 aliphatic heterocycles. The highest BCUT2D eigenvalue weighted by atomic mass is 15.3. The van der Waals surface area contributed by atoms with Crippen LogP contribution in [-0.4, -0.2) is 54.1 Å². The Morgan fingerprint density at radius 1 is 1.26 bits per heavy atom. The molecule has 106 valence electrons. The fourth-order valence-electron chi connectivity index (χ4n) is 2.44. The fraction of sp³-hybridized carbons (Fsp3) is 0.714. The van der Waals surface area contributed by atoms with Gasteiger partial charge in [-0.25, -0.2) is 4.98 Å². The second kappa shape index (κ2) is 6.70. The van der Waals surface area contributed by atoms with Crippen molar-refractivity contribution in [2.45, 2.75) is 20.8 Å². The Balaban J connectivity index is 1.92. The fourth-order valence-corrected chi connectivity index (χ4v) is 2.44. The van der Waals surface area contributed by atoms with Gasteiger partial charge < -0.3 is 10.2 Å². The summed E-state index contributed by atoms with van der Waals surface area (Å²) in [6.45, 7) is 13.0. The van der Waals surface area contributed by atoms with Gasteiger partial charge in [0.15, 0.2) is 0 Å². The van der Waals surface area contributed by atoms with Crippen LogP contribution in [0.4, 0.5) is 11.8 Å². The van der Waals surface area contributed by atoms with Gasteiger partial charge in [-0.1, -0.05) is 13.8 Å². The molecule has 1 saturated heterocycles. The molecular formula is C14H25N5. The third-order valence-corrected chi connectivity index (χ3v) is 3.30. The molecule has 1 aliphatic rings. The Kier molecular flexibility index (Phi) is 4.96. The molecule has 0 saturated carbocycles. The summed E-state index contributed by atoms with van der Waals surface area (Å²) in [5, 5.41) is 3.16. The van der Waals surface area contributed by atoms with Gasteiger partial charge in [-0.3, -0.25) is 4.90 Å². The summed E-state index contributed by atoms with van der Waals surface area (Å²) in [5.74, 6) is 2.51. The van der Waals surface area contributed by atoms with Crippen molar-refractivity contribution in [3.05, 3.63) is 12.3 Å². The van der Waals surface area contributed by atoms with Gasteiger partial charge in [0.25, 0.3) is 0 Å². The van der Waals surface area contributed by atoms with E-state index >= 15 is 0 Å². The highest BCUT2D eigenvalue weighted by Gasteiger charge is 2.18. The molecule has 19 heavy (non-hydrogen) atoms. The second-order valence-corrected chi connectivity index (χ2v) is 5.45. The molecule has 0 spiro atoms. The van der Waals surface area contributed by atoms with E-state index in [-0.39, 0.29) is 0 Å². The number of nitrogens with zero attached hydrogens (tertiary/aromatic N) is 4. The van der Waals surface area contributed by atoms with Crippen molar-refractivity contribution in [1.29, 1.82) is 0 Å². The lowest BCUT2D eigenvalue weighted by Crippen LogP contribution is -2.47. The number of hydrogen-bond acceptors (Lipinski definition) is 5.